The lowest BCUT2D eigenvalue weighted by molar-refractivity contribution is 0.0503. The Hall–Kier alpha value is -3.22. The van der Waals surface area contributed by atoms with Crippen molar-refractivity contribution in [3.05, 3.63) is 65.9 Å². The number of rotatable bonds is 5. The van der Waals surface area contributed by atoms with Gasteiger partial charge in [-0.3, -0.25) is 4.79 Å². The predicted molar refractivity (Wildman–Crippen MR) is 110 cm³/mol. The number of aromatic nitrogens is 2. The Bertz CT molecular complexity index is 1010. The summed E-state index contributed by atoms with van der Waals surface area (Å²) >= 11 is 0. The summed E-state index contributed by atoms with van der Waals surface area (Å²) in [5, 5.41) is 0. The average molecular weight is 409 g/mol. The smallest absolute Gasteiger partial charge is 0.254 e. The number of aryl methyl sites for hydroxylation is 1. The van der Waals surface area contributed by atoms with Crippen molar-refractivity contribution in [3.8, 4) is 17.3 Å². The number of benzene rings is 1. The summed E-state index contributed by atoms with van der Waals surface area (Å²) in [4.78, 5) is 23.5. The molecule has 156 valence electrons. The summed E-state index contributed by atoms with van der Waals surface area (Å²) in [7, 11) is 0. The minimum atomic E-state index is -0.398. The van der Waals surface area contributed by atoms with Gasteiger partial charge in [-0.05, 0) is 44.9 Å². The van der Waals surface area contributed by atoms with Crippen molar-refractivity contribution in [2.75, 3.05) is 13.2 Å². The second-order valence-corrected chi connectivity index (χ2v) is 7.76. The van der Waals surface area contributed by atoms with E-state index in [1.165, 1.54) is 18.4 Å². The van der Waals surface area contributed by atoms with Crippen LogP contribution in [-0.2, 0) is 0 Å². The zero-order chi connectivity index (χ0) is 21.1. The first kappa shape index (κ1) is 20.1. The zero-order valence-electron chi connectivity index (χ0n) is 17.0. The fourth-order valence-electron chi connectivity index (χ4n) is 3.78. The summed E-state index contributed by atoms with van der Waals surface area (Å²) in [5.41, 5.74) is 2.28. The second kappa shape index (κ2) is 8.65. The molecule has 0 N–H and O–H groups in total. The lowest BCUT2D eigenvalue weighted by Crippen LogP contribution is -2.47. The van der Waals surface area contributed by atoms with Gasteiger partial charge < -0.3 is 14.1 Å². The largest absolute Gasteiger partial charge is 0.477 e. The van der Waals surface area contributed by atoms with Crippen molar-refractivity contribution in [3.63, 3.8) is 0 Å². The molecule has 7 heteroatoms. The number of ether oxygens (including phenoxy) is 1. The number of pyridine rings is 1. The summed E-state index contributed by atoms with van der Waals surface area (Å²) < 4.78 is 24.2. The van der Waals surface area contributed by atoms with Crippen LogP contribution in [0.15, 0.2) is 53.4 Å². The van der Waals surface area contributed by atoms with E-state index >= 15 is 0 Å². The highest BCUT2D eigenvalue weighted by Crippen LogP contribution is 2.29. The number of halogens is 1. The minimum absolute atomic E-state index is 0.0380. The Labute approximate surface area is 174 Å². The standard InChI is InChI=1S/C23H24FN3O3/c1-15-3-7-19(22-25-9-10-29-22)20(11-15)23(28)27-13-17(5-4-16(27)2)14-30-21-8-6-18(24)12-26-21/h3,6-12,16-17H,4-5,13-14H2,1-2H3. The molecule has 0 radical (unpaired) electrons. The molecule has 0 bridgehead atoms. The molecule has 1 aliphatic rings. The van der Waals surface area contributed by atoms with Crippen LogP contribution in [-0.4, -0.2) is 40.0 Å². The van der Waals surface area contributed by atoms with E-state index in [0.717, 1.165) is 24.6 Å². The number of likely N-dealkylation sites (tertiary alicyclic amines) is 1. The first-order chi connectivity index (χ1) is 14.5. The van der Waals surface area contributed by atoms with E-state index < -0.39 is 5.82 Å². The molecule has 6 nitrogen and oxygen atoms in total. The van der Waals surface area contributed by atoms with Gasteiger partial charge in [0.2, 0.25) is 11.8 Å². The van der Waals surface area contributed by atoms with E-state index in [4.69, 9.17) is 9.15 Å². The van der Waals surface area contributed by atoms with Crippen molar-refractivity contribution in [1.82, 2.24) is 14.9 Å². The third-order valence-corrected chi connectivity index (χ3v) is 5.48. The monoisotopic (exact) mass is 409 g/mol. The molecular weight excluding hydrogens is 385 g/mol. The van der Waals surface area contributed by atoms with Crippen LogP contribution in [0.1, 0.15) is 35.7 Å². The molecule has 0 spiro atoms. The molecule has 1 saturated heterocycles. The zero-order valence-corrected chi connectivity index (χ0v) is 17.0. The molecule has 2 aromatic heterocycles. The first-order valence-corrected chi connectivity index (χ1v) is 10.1. The maximum Gasteiger partial charge on any atom is 0.254 e. The molecule has 0 saturated carbocycles. The topological polar surface area (TPSA) is 68.5 Å². The number of amides is 1. The molecule has 1 aliphatic heterocycles. The molecule has 1 aromatic carbocycles. The number of hydrogen-bond donors (Lipinski definition) is 0. The highest BCUT2D eigenvalue weighted by atomic mass is 19.1. The molecule has 1 amide bonds. The Balaban J connectivity index is 1.50. The molecule has 2 atom stereocenters. The number of hydrogen-bond acceptors (Lipinski definition) is 5. The summed E-state index contributed by atoms with van der Waals surface area (Å²) in [6.45, 7) is 5.04. The molecule has 30 heavy (non-hydrogen) atoms. The van der Waals surface area contributed by atoms with Crippen LogP contribution in [0.3, 0.4) is 0 Å². The number of piperidine rings is 1. The molecule has 0 aliphatic carbocycles. The van der Waals surface area contributed by atoms with Crippen LogP contribution in [0.4, 0.5) is 4.39 Å². The van der Waals surface area contributed by atoms with Gasteiger partial charge in [-0.1, -0.05) is 11.6 Å². The molecule has 1 fully saturated rings. The lowest BCUT2D eigenvalue weighted by atomic mass is 9.92. The normalized spacial score (nSPS) is 19.0. The highest BCUT2D eigenvalue weighted by molar-refractivity contribution is 6.00. The maximum absolute atomic E-state index is 13.5. The van der Waals surface area contributed by atoms with Gasteiger partial charge >= 0.3 is 0 Å². The van der Waals surface area contributed by atoms with Crippen LogP contribution in [0.25, 0.3) is 11.5 Å². The van der Waals surface area contributed by atoms with Crippen molar-refractivity contribution in [1.29, 1.82) is 0 Å². The summed E-state index contributed by atoms with van der Waals surface area (Å²) in [5.74, 6) is 0.560. The van der Waals surface area contributed by atoms with Gasteiger partial charge in [0.25, 0.3) is 5.91 Å². The minimum Gasteiger partial charge on any atom is -0.477 e. The van der Waals surface area contributed by atoms with Gasteiger partial charge in [0.05, 0.1) is 24.6 Å². The van der Waals surface area contributed by atoms with Crippen molar-refractivity contribution in [2.24, 2.45) is 5.92 Å². The first-order valence-electron chi connectivity index (χ1n) is 10.1. The van der Waals surface area contributed by atoms with Gasteiger partial charge in [0.1, 0.15) is 12.1 Å². The van der Waals surface area contributed by atoms with Gasteiger partial charge in [0.15, 0.2) is 0 Å². The van der Waals surface area contributed by atoms with Crippen LogP contribution in [0.2, 0.25) is 0 Å². The van der Waals surface area contributed by atoms with Crippen LogP contribution < -0.4 is 4.74 Å². The van der Waals surface area contributed by atoms with E-state index in [1.807, 2.05) is 30.0 Å². The Morgan fingerprint density at radius 3 is 2.87 bits per heavy atom. The van der Waals surface area contributed by atoms with E-state index in [9.17, 15) is 9.18 Å². The van der Waals surface area contributed by atoms with E-state index in [2.05, 4.69) is 16.9 Å². The molecule has 2 unspecified atom stereocenters. The van der Waals surface area contributed by atoms with Crippen molar-refractivity contribution < 1.29 is 18.3 Å². The third kappa shape index (κ3) is 4.35. The summed E-state index contributed by atoms with van der Waals surface area (Å²) in [6.07, 6.45) is 6.05. The molecular formula is C23H24FN3O3. The average Bonchev–Trinajstić information content (AvgIpc) is 3.28. The number of oxazole rings is 1. The lowest BCUT2D eigenvalue weighted by Gasteiger charge is -2.38. The number of carbonyl (C=O) groups is 1. The van der Waals surface area contributed by atoms with Crippen LogP contribution in [0, 0.1) is 18.7 Å². The fourth-order valence-corrected chi connectivity index (χ4v) is 3.78. The van der Waals surface area contributed by atoms with E-state index in [0.29, 0.717) is 36.0 Å². The third-order valence-electron chi connectivity index (χ3n) is 5.48. The Morgan fingerprint density at radius 2 is 2.13 bits per heavy atom. The van der Waals surface area contributed by atoms with E-state index in [-0.39, 0.29) is 17.9 Å². The molecule has 3 heterocycles. The van der Waals surface area contributed by atoms with Gasteiger partial charge in [-0.25, -0.2) is 14.4 Å². The summed E-state index contributed by atoms with van der Waals surface area (Å²) in [6, 6.07) is 8.67. The number of carbonyl (C=O) groups excluding carboxylic acids is 1. The quantitative estimate of drug-likeness (QED) is 0.620. The predicted octanol–water partition coefficient (Wildman–Crippen LogP) is 4.50. The van der Waals surface area contributed by atoms with Crippen LogP contribution >= 0.6 is 0 Å². The fraction of sp³-hybridized carbons (Fsp3) is 0.348. The van der Waals surface area contributed by atoms with E-state index in [1.54, 1.807) is 6.20 Å². The SMILES string of the molecule is Cc1ccc(-c2ncco2)c(C(=O)N2CC(COc3ccc(F)cn3)CCC2C)c1. The van der Waals surface area contributed by atoms with Gasteiger partial charge in [0, 0.05) is 30.1 Å². The second-order valence-electron chi connectivity index (χ2n) is 7.76. The maximum atomic E-state index is 13.5. The number of nitrogens with zero attached hydrogens (tertiary/aromatic N) is 3. The highest BCUT2D eigenvalue weighted by Gasteiger charge is 2.31. The van der Waals surface area contributed by atoms with Crippen molar-refractivity contribution >= 4 is 5.91 Å². The molecule has 3 aromatic rings. The van der Waals surface area contributed by atoms with Crippen molar-refractivity contribution in [2.45, 2.75) is 32.7 Å². The van der Waals surface area contributed by atoms with Crippen LogP contribution in [0.5, 0.6) is 5.88 Å². The Morgan fingerprint density at radius 1 is 1.27 bits per heavy atom. The van der Waals surface area contributed by atoms with Gasteiger partial charge in [-0.2, -0.15) is 0 Å². The Kier molecular flexibility index (Phi) is 5.79. The van der Waals surface area contributed by atoms with Gasteiger partial charge in [-0.15, -0.1) is 0 Å². The molecule has 4 rings (SSSR count).